The minimum absolute atomic E-state index is 0.00480. The normalized spacial score (nSPS) is 10.8. The lowest BCUT2D eigenvalue weighted by Gasteiger charge is -2.04. The molecule has 0 aliphatic heterocycles. The first kappa shape index (κ1) is 18.1. The van der Waals surface area contributed by atoms with Gasteiger partial charge in [0.25, 0.3) is 0 Å². The SMILES string of the molecule is O=C(Cc1csc(-c2cccs2)n1)NCCCSc1ccc(F)cc1. The number of halogens is 1. The smallest absolute Gasteiger partial charge is 0.226 e. The van der Waals surface area contributed by atoms with E-state index in [1.54, 1.807) is 46.6 Å². The third kappa shape index (κ3) is 5.66. The summed E-state index contributed by atoms with van der Waals surface area (Å²) in [5.74, 6) is 0.654. The number of nitrogens with zero attached hydrogens (tertiary/aromatic N) is 1. The number of amides is 1. The lowest BCUT2D eigenvalue weighted by Crippen LogP contribution is -2.26. The van der Waals surface area contributed by atoms with Gasteiger partial charge in [-0.25, -0.2) is 9.37 Å². The Kier molecular flexibility index (Phi) is 6.61. The zero-order chi connectivity index (χ0) is 17.5. The van der Waals surface area contributed by atoms with Gasteiger partial charge in [0.1, 0.15) is 10.8 Å². The molecule has 0 saturated heterocycles. The van der Waals surface area contributed by atoms with Gasteiger partial charge < -0.3 is 5.32 Å². The van der Waals surface area contributed by atoms with E-state index in [0.717, 1.165) is 32.6 Å². The highest BCUT2D eigenvalue weighted by atomic mass is 32.2. The fraction of sp³-hybridized carbons (Fsp3) is 0.222. The van der Waals surface area contributed by atoms with Crippen molar-refractivity contribution in [2.75, 3.05) is 12.3 Å². The van der Waals surface area contributed by atoms with Crippen LogP contribution >= 0.6 is 34.4 Å². The molecule has 3 nitrogen and oxygen atoms in total. The average Bonchev–Trinajstić information content (AvgIpc) is 3.27. The standard InChI is InChI=1S/C18H17FN2OS3/c19-13-4-6-15(7-5-13)23-10-2-8-20-17(22)11-14-12-25-18(21-14)16-3-1-9-24-16/h1,3-7,9,12H,2,8,10-11H2,(H,20,22). The lowest BCUT2D eigenvalue weighted by molar-refractivity contribution is -0.120. The Hall–Kier alpha value is -1.70. The van der Waals surface area contributed by atoms with Crippen LogP contribution < -0.4 is 5.32 Å². The van der Waals surface area contributed by atoms with Crippen molar-refractivity contribution in [1.82, 2.24) is 10.3 Å². The number of aromatic nitrogens is 1. The van der Waals surface area contributed by atoms with E-state index in [0.29, 0.717) is 13.0 Å². The Balaban J connectivity index is 1.35. The fourth-order valence-electron chi connectivity index (χ4n) is 2.15. The van der Waals surface area contributed by atoms with Crippen molar-refractivity contribution in [1.29, 1.82) is 0 Å². The number of carbonyl (C=O) groups is 1. The van der Waals surface area contributed by atoms with Crippen LogP contribution in [0.1, 0.15) is 12.1 Å². The van der Waals surface area contributed by atoms with Gasteiger partial charge in [0.15, 0.2) is 0 Å². The molecule has 0 atom stereocenters. The zero-order valence-corrected chi connectivity index (χ0v) is 15.9. The molecular formula is C18H17FN2OS3. The number of carbonyl (C=O) groups excluding carboxylic acids is 1. The van der Waals surface area contributed by atoms with Crippen LogP contribution in [-0.2, 0) is 11.2 Å². The van der Waals surface area contributed by atoms with Gasteiger partial charge in [0, 0.05) is 16.8 Å². The molecule has 130 valence electrons. The highest BCUT2D eigenvalue weighted by Gasteiger charge is 2.09. The molecule has 3 aromatic rings. The molecule has 2 heterocycles. The first-order valence-electron chi connectivity index (χ1n) is 7.84. The Morgan fingerprint density at radius 3 is 2.80 bits per heavy atom. The topological polar surface area (TPSA) is 42.0 Å². The number of thiazole rings is 1. The molecule has 0 aliphatic rings. The summed E-state index contributed by atoms with van der Waals surface area (Å²) in [5.41, 5.74) is 0.812. The number of thioether (sulfide) groups is 1. The van der Waals surface area contributed by atoms with Crippen LogP contribution in [0.2, 0.25) is 0 Å². The Bertz CT molecular complexity index is 800. The second-order valence-corrected chi connectivity index (χ2v) is 8.28. The van der Waals surface area contributed by atoms with E-state index in [2.05, 4.69) is 10.3 Å². The van der Waals surface area contributed by atoms with Crippen LogP contribution in [-0.4, -0.2) is 23.2 Å². The number of benzene rings is 1. The molecule has 0 aliphatic carbocycles. The van der Waals surface area contributed by atoms with Crippen LogP contribution in [0.5, 0.6) is 0 Å². The van der Waals surface area contributed by atoms with Crippen molar-refractivity contribution in [3.63, 3.8) is 0 Å². The number of hydrogen-bond acceptors (Lipinski definition) is 5. The van der Waals surface area contributed by atoms with E-state index in [1.807, 2.05) is 22.9 Å². The molecule has 2 aromatic heterocycles. The quantitative estimate of drug-likeness (QED) is 0.440. The summed E-state index contributed by atoms with van der Waals surface area (Å²) in [5, 5.41) is 7.86. The Labute approximate surface area is 158 Å². The summed E-state index contributed by atoms with van der Waals surface area (Å²) < 4.78 is 12.8. The molecule has 1 amide bonds. The molecule has 3 rings (SSSR count). The van der Waals surface area contributed by atoms with Crippen LogP contribution in [0, 0.1) is 5.82 Å². The predicted octanol–water partition coefficient (Wildman–Crippen LogP) is 4.85. The van der Waals surface area contributed by atoms with Gasteiger partial charge in [0.2, 0.25) is 5.91 Å². The van der Waals surface area contributed by atoms with Crippen molar-refractivity contribution >= 4 is 40.3 Å². The number of hydrogen-bond donors (Lipinski definition) is 1. The average molecular weight is 393 g/mol. The van der Waals surface area contributed by atoms with Crippen LogP contribution in [0.25, 0.3) is 9.88 Å². The number of rotatable bonds is 8. The molecular weight excluding hydrogens is 375 g/mol. The molecule has 0 bridgehead atoms. The molecule has 7 heteroatoms. The minimum Gasteiger partial charge on any atom is -0.356 e. The zero-order valence-electron chi connectivity index (χ0n) is 13.4. The van der Waals surface area contributed by atoms with E-state index in [1.165, 1.54) is 12.1 Å². The maximum atomic E-state index is 12.8. The fourth-order valence-corrected chi connectivity index (χ4v) is 4.64. The van der Waals surface area contributed by atoms with E-state index in [4.69, 9.17) is 0 Å². The highest BCUT2D eigenvalue weighted by molar-refractivity contribution is 7.99. The summed E-state index contributed by atoms with van der Waals surface area (Å²) in [4.78, 5) is 18.7. The van der Waals surface area contributed by atoms with Crippen LogP contribution in [0.4, 0.5) is 4.39 Å². The number of nitrogens with one attached hydrogen (secondary N) is 1. The maximum Gasteiger partial charge on any atom is 0.226 e. The monoisotopic (exact) mass is 392 g/mol. The van der Waals surface area contributed by atoms with Gasteiger partial charge in [-0.1, -0.05) is 6.07 Å². The van der Waals surface area contributed by atoms with E-state index >= 15 is 0 Å². The third-order valence-electron chi connectivity index (χ3n) is 3.35. The summed E-state index contributed by atoms with van der Waals surface area (Å²) in [6.07, 6.45) is 1.18. The van der Waals surface area contributed by atoms with Crippen LogP contribution in [0.3, 0.4) is 0 Å². The largest absolute Gasteiger partial charge is 0.356 e. The second kappa shape index (κ2) is 9.12. The maximum absolute atomic E-state index is 12.8. The number of thiophene rings is 1. The second-order valence-electron chi connectivity index (χ2n) is 5.30. The summed E-state index contributed by atoms with van der Waals surface area (Å²) in [6, 6.07) is 10.5. The molecule has 1 N–H and O–H groups in total. The van der Waals surface area contributed by atoms with Gasteiger partial charge >= 0.3 is 0 Å². The molecule has 0 saturated carbocycles. The summed E-state index contributed by atoms with van der Waals surface area (Å²) in [7, 11) is 0. The Morgan fingerprint density at radius 1 is 1.20 bits per heavy atom. The van der Waals surface area contributed by atoms with Gasteiger partial charge in [-0.2, -0.15) is 0 Å². The van der Waals surface area contributed by atoms with Gasteiger partial charge in [-0.05, 0) is 47.9 Å². The summed E-state index contributed by atoms with van der Waals surface area (Å²) >= 11 is 4.88. The van der Waals surface area contributed by atoms with E-state index < -0.39 is 0 Å². The molecule has 0 unspecified atom stereocenters. The predicted molar refractivity (Wildman–Crippen MR) is 104 cm³/mol. The first-order chi connectivity index (χ1) is 12.2. The lowest BCUT2D eigenvalue weighted by atomic mass is 10.3. The highest BCUT2D eigenvalue weighted by Crippen LogP contribution is 2.27. The third-order valence-corrected chi connectivity index (χ3v) is 6.38. The van der Waals surface area contributed by atoms with Gasteiger partial charge in [-0.3, -0.25) is 4.79 Å². The van der Waals surface area contributed by atoms with E-state index in [9.17, 15) is 9.18 Å². The Morgan fingerprint density at radius 2 is 2.04 bits per heavy atom. The summed E-state index contributed by atoms with van der Waals surface area (Å²) in [6.45, 7) is 0.634. The van der Waals surface area contributed by atoms with Gasteiger partial charge in [-0.15, -0.1) is 34.4 Å². The van der Waals surface area contributed by atoms with Crippen molar-refractivity contribution in [2.45, 2.75) is 17.7 Å². The van der Waals surface area contributed by atoms with Crippen molar-refractivity contribution in [3.05, 3.63) is 58.7 Å². The first-order valence-corrected chi connectivity index (χ1v) is 10.6. The molecule has 0 radical (unpaired) electrons. The van der Waals surface area contributed by atoms with Crippen molar-refractivity contribution in [3.8, 4) is 9.88 Å². The molecule has 25 heavy (non-hydrogen) atoms. The molecule has 0 fully saturated rings. The van der Waals surface area contributed by atoms with Crippen LogP contribution in [0.15, 0.2) is 52.1 Å². The van der Waals surface area contributed by atoms with Crippen molar-refractivity contribution in [2.24, 2.45) is 0 Å². The van der Waals surface area contributed by atoms with Crippen molar-refractivity contribution < 1.29 is 9.18 Å². The van der Waals surface area contributed by atoms with Gasteiger partial charge in [0.05, 0.1) is 17.0 Å². The molecule has 1 aromatic carbocycles. The van der Waals surface area contributed by atoms with E-state index in [-0.39, 0.29) is 11.7 Å². The molecule has 0 spiro atoms. The minimum atomic E-state index is -0.221.